The average molecular weight is 422 g/mol. The Balaban J connectivity index is 1.86. The monoisotopic (exact) mass is 421 g/mol. The Bertz CT molecular complexity index is 964. The van der Waals surface area contributed by atoms with Crippen molar-refractivity contribution in [3.63, 3.8) is 0 Å². The van der Waals surface area contributed by atoms with Gasteiger partial charge in [-0.25, -0.2) is 5.01 Å². The summed E-state index contributed by atoms with van der Waals surface area (Å²) < 4.78 is 0.856. The van der Waals surface area contributed by atoms with Crippen LogP contribution in [0.3, 0.4) is 0 Å². The SMILES string of the molecule is O=CC1N(c2cccnc2)CC(c2ccccn2)=NN1c1ccccc1Br. The first-order valence-corrected chi connectivity index (χ1v) is 9.22. The van der Waals surface area contributed by atoms with Crippen molar-refractivity contribution in [2.24, 2.45) is 5.10 Å². The quantitative estimate of drug-likeness (QED) is 0.603. The molecule has 0 aliphatic carbocycles. The molecule has 0 radical (unpaired) electrons. The largest absolute Gasteiger partial charge is 0.336 e. The van der Waals surface area contributed by atoms with Crippen LogP contribution in [-0.4, -0.2) is 34.7 Å². The molecule has 1 aliphatic heterocycles. The Morgan fingerprint density at radius 2 is 1.89 bits per heavy atom. The second-order valence-electron chi connectivity index (χ2n) is 5.95. The van der Waals surface area contributed by atoms with E-state index < -0.39 is 6.17 Å². The van der Waals surface area contributed by atoms with Gasteiger partial charge in [-0.15, -0.1) is 0 Å². The summed E-state index contributed by atoms with van der Waals surface area (Å²) in [6.45, 7) is 0.451. The Morgan fingerprint density at radius 3 is 2.59 bits per heavy atom. The van der Waals surface area contributed by atoms with Gasteiger partial charge in [-0.3, -0.25) is 14.8 Å². The molecule has 1 aliphatic rings. The van der Waals surface area contributed by atoms with Gasteiger partial charge in [0.15, 0.2) is 12.5 Å². The minimum absolute atomic E-state index is 0.451. The van der Waals surface area contributed by atoms with E-state index in [1.807, 2.05) is 59.5 Å². The third kappa shape index (κ3) is 3.46. The van der Waals surface area contributed by atoms with Gasteiger partial charge in [-0.2, -0.15) is 5.10 Å². The van der Waals surface area contributed by atoms with E-state index in [4.69, 9.17) is 5.10 Å². The Morgan fingerprint density at radius 1 is 1.04 bits per heavy atom. The highest BCUT2D eigenvalue weighted by Crippen LogP contribution is 2.32. The highest BCUT2D eigenvalue weighted by atomic mass is 79.9. The van der Waals surface area contributed by atoms with Gasteiger partial charge in [0, 0.05) is 16.9 Å². The zero-order valence-electron chi connectivity index (χ0n) is 14.3. The molecule has 0 fully saturated rings. The number of halogens is 1. The molecule has 2 aromatic heterocycles. The minimum Gasteiger partial charge on any atom is -0.336 e. The van der Waals surface area contributed by atoms with Gasteiger partial charge in [0.05, 0.1) is 29.8 Å². The van der Waals surface area contributed by atoms with Crippen molar-refractivity contribution in [1.29, 1.82) is 0 Å². The van der Waals surface area contributed by atoms with E-state index in [-0.39, 0.29) is 0 Å². The highest BCUT2D eigenvalue weighted by molar-refractivity contribution is 9.10. The molecule has 6 nitrogen and oxygen atoms in total. The summed E-state index contributed by atoms with van der Waals surface area (Å²) in [6.07, 6.45) is 5.49. The van der Waals surface area contributed by atoms with E-state index in [0.717, 1.165) is 33.5 Å². The molecule has 7 heteroatoms. The smallest absolute Gasteiger partial charge is 0.180 e. The molecule has 0 amide bonds. The predicted octanol–water partition coefficient (Wildman–Crippen LogP) is 3.50. The molecule has 4 rings (SSSR count). The summed E-state index contributed by atoms with van der Waals surface area (Å²) in [5.41, 5.74) is 3.19. The fraction of sp³-hybridized carbons (Fsp3) is 0.100. The van der Waals surface area contributed by atoms with E-state index in [0.29, 0.717) is 6.54 Å². The Kier molecular flexibility index (Phi) is 4.93. The first kappa shape index (κ1) is 17.4. The summed E-state index contributed by atoms with van der Waals surface area (Å²) in [5, 5.41) is 6.50. The van der Waals surface area contributed by atoms with Crippen LogP contribution >= 0.6 is 15.9 Å². The van der Waals surface area contributed by atoms with Gasteiger partial charge in [-0.1, -0.05) is 18.2 Å². The maximum atomic E-state index is 12.1. The first-order chi connectivity index (χ1) is 13.3. The van der Waals surface area contributed by atoms with Gasteiger partial charge < -0.3 is 4.90 Å². The molecular formula is C20H16BrN5O. The maximum absolute atomic E-state index is 12.1. The summed E-state index contributed by atoms with van der Waals surface area (Å²) in [5.74, 6) is 0. The molecule has 1 unspecified atom stereocenters. The van der Waals surface area contributed by atoms with Crippen LogP contribution in [0, 0.1) is 0 Å². The fourth-order valence-corrected chi connectivity index (χ4v) is 3.47. The molecule has 3 heterocycles. The topological polar surface area (TPSA) is 61.7 Å². The number of benzene rings is 1. The van der Waals surface area contributed by atoms with Crippen LogP contribution in [0.5, 0.6) is 0 Å². The highest BCUT2D eigenvalue weighted by Gasteiger charge is 2.33. The van der Waals surface area contributed by atoms with Crippen molar-refractivity contribution < 1.29 is 4.79 Å². The predicted molar refractivity (Wildman–Crippen MR) is 109 cm³/mol. The lowest BCUT2D eigenvalue weighted by atomic mass is 10.1. The molecule has 0 spiro atoms. The molecule has 3 aromatic rings. The number of rotatable bonds is 4. The number of hydrazone groups is 1. The molecule has 0 N–H and O–H groups in total. The molecule has 0 saturated carbocycles. The van der Waals surface area contributed by atoms with Crippen molar-refractivity contribution in [3.8, 4) is 0 Å². The molecule has 134 valence electrons. The number of hydrogen-bond acceptors (Lipinski definition) is 6. The van der Waals surface area contributed by atoms with Crippen LogP contribution in [0.25, 0.3) is 0 Å². The van der Waals surface area contributed by atoms with E-state index in [9.17, 15) is 4.79 Å². The second-order valence-corrected chi connectivity index (χ2v) is 6.80. The van der Waals surface area contributed by atoms with E-state index in [1.165, 1.54) is 0 Å². The van der Waals surface area contributed by atoms with Crippen LogP contribution < -0.4 is 9.91 Å². The number of pyridine rings is 2. The van der Waals surface area contributed by atoms with Gasteiger partial charge in [0.2, 0.25) is 0 Å². The molecule has 1 atom stereocenters. The van der Waals surface area contributed by atoms with Crippen molar-refractivity contribution in [2.45, 2.75) is 6.17 Å². The van der Waals surface area contributed by atoms with Gasteiger partial charge >= 0.3 is 0 Å². The van der Waals surface area contributed by atoms with Gasteiger partial charge in [0.1, 0.15) is 5.71 Å². The number of aldehydes is 1. The van der Waals surface area contributed by atoms with Crippen LogP contribution in [0.15, 0.2) is 82.8 Å². The lowest BCUT2D eigenvalue weighted by Crippen LogP contribution is -2.54. The summed E-state index contributed by atoms with van der Waals surface area (Å²) >= 11 is 3.57. The van der Waals surface area contributed by atoms with Crippen LogP contribution in [0.1, 0.15) is 5.69 Å². The van der Waals surface area contributed by atoms with Crippen molar-refractivity contribution in [2.75, 3.05) is 16.5 Å². The first-order valence-electron chi connectivity index (χ1n) is 8.42. The number of aromatic nitrogens is 2. The van der Waals surface area contributed by atoms with Crippen LogP contribution in [0.2, 0.25) is 0 Å². The lowest BCUT2D eigenvalue weighted by molar-refractivity contribution is -0.109. The van der Waals surface area contributed by atoms with Gasteiger partial charge in [0.25, 0.3) is 0 Å². The second kappa shape index (κ2) is 7.67. The summed E-state index contributed by atoms with van der Waals surface area (Å²) in [4.78, 5) is 22.7. The fourth-order valence-electron chi connectivity index (χ4n) is 3.01. The van der Waals surface area contributed by atoms with Crippen LogP contribution in [0.4, 0.5) is 11.4 Å². The third-order valence-electron chi connectivity index (χ3n) is 4.28. The molecular weight excluding hydrogens is 406 g/mol. The number of carbonyl (C=O) groups is 1. The number of anilines is 2. The normalized spacial score (nSPS) is 16.8. The van der Waals surface area contributed by atoms with Crippen molar-refractivity contribution >= 4 is 39.3 Å². The van der Waals surface area contributed by atoms with E-state index >= 15 is 0 Å². The molecule has 27 heavy (non-hydrogen) atoms. The lowest BCUT2D eigenvalue weighted by Gasteiger charge is -2.40. The minimum atomic E-state index is -0.597. The summed E-state index contributed by atoms with van der Waals surface area (Å²) in [6, 6.07) is 17.2. The Hall–Kier alpha value is -3.06. The molecule has 0 saturated heterocycles. The average Bonchev–Trinajstić information content (AvgIpc) is 2.74. The number of carbonyl (C=O) groups excluding carboxylic acids is 1. The van der Waals surface area contributed by atoms with E-state index in [2.05, 4.69) is 25.9 Å². The van der Waals surface area contributed by atoms with Gasteiger partial charge in [-0.05, 0) is 52.3 Å². The van der Waals surface area contributed by atoms with Crippen molar-refractivity contribution in [3.05, 3.63) is 83.4 Å². The van der Waals surface area contributed by atoms with Crippen molar-refractivity contribution in [1.82, 2.24) is 9.97 Å². The zero-order valence-corrected chi connectivity index (χ0v) is 15.9. The molecule has 0 bridgehead atoms. The maximum Gasteiger partial charge on any atom is 0.180 e. The zero-order chi connectivity index (χ0) is 18.6. The Labute approximate surface area is 165 Å². The molecule has 1 aromatic carbocycles. The number of hydrogen-bond donors (Lipinski definition) is 0. The number of para-hydroxylation sites is 1. The van der Waals surface area contributed by atoms with E-state index in [1.54, 1.807) is 23.6 Å². The number of nitrogens with zero attached hydrogens (tertiary/aromatic N) is 5. The summed E-state index contributed by atoms with van der Waals surface area (Å²) in [7, 11) is 0. The van der Waals surface area contributed by atoms with Crippen LogP contribution in [-0.2, 0) is 4.79 Å². The third-order valence-corrected chi connectivity index (χ3v) is 4.95. The standard InChI is InChI=1S/C20H16BrN5O/c21-16-7-1-2-9-19(16)26-20(14-27)25(15-6-5-10-22-12-15)13-18(24-26)17-8-3-4-11-23-17/h1-12,14,20H,13H2.